The van der Waals surface area contributed by atoms with Crippen LogP contribution in [-0.2, 0) is 14.3 Å². The minimum atomic E-state index is -0.941. The van der Waals surface area contributed by atoms with Crippen LogP contribution in [0.3, 0.4) is 0 Å². The number of rotatable bonds is 7. The molecule has 3 aromatic rings. The van der Waals surface area contributed by atoms with E-state index in [-0.39, 0.29) is 11.1 Å². The molecule has 0 unspecified atom stereocenters. The number of benzene rings is 2. The molecule has 1 N–H and O–H groups in total. The fraction of sp³-hybridized carbons (Fsp3) is 0.273. The zero-order valence-electron chi connectivity index (χ0n) is 17.0. The van der Waals surface area contributed by atoms with Crippen molar-refractivity contribution < 1.29 is 19.1 Å². The lowest BCUT2D eigenvalue weighted by Gasteiger charge is -2.14. The highest BCUT2D eigenvalue weighted by atomic mass is 16.5. The molecule has 3 rings (SSSR count). The number of nitrogens with zero attached hydrogens (tertiary/aromatic N) is 2. The van der Waals surface area contributed by atoms with E-state index in [4.69, 9.17) is 9.47 Å². The summed E-state index contributed by atoms with van der Waals surface area (Å²) in [6.45, 7) is 3.95. The first kappa shape index (κ1) is 21.2. The second-order valence-corrected chi connectivity index (χ2v) is 6.69. The monoisotopic (exact) mass is 409 g/mol. The maximum Gasteiger partial charge on any atom is 0.338 e. The molecule has 1 amide bonds. The molecule has 156 valence electrons. The molecule has 0 aliphatic rings. The van der Waals surface area contributed by atoms with Crippen molar-refractivity contribution in [3.8, 4) is 5.69 Å². The van der Waals surface area contributed by atoms with Crippen LogP contribution in [-0.4, -0.2) is 47.8 Å². The van der Waals surface area contributed by atoms with Crippen molar-refractivity contribution in [2.45, 2.75) is 20.0 Å². The van der Waals surface area contributed by atoms with Gasteiger partial charge in [-0.25, -0.2) is 9.78 Å². The van der Waals surface area contributed by atoms with E-state index >= 15 is 0 Å². The number of para-hydroxylation sites is 1. The van der Waals surface area contributed by atoms with Crippen molar-refractivity contribution in [3.05, 3.63) is 70.3 Å². The molecule has 0 spiro atoms. The smallest absolute Gasteiger partial charge is 0.338 e. The van der Waals surface area contributed by atoms with Gasteiger partial charge in [-0.3, -0.25) is 14.2 Å². The van der Waals surface area contributed by atoms with Gasteiger partial charge in [0.25, 0.3) is 11.5 Å². The molecule has 0 saturated carbocycles. The minimum absolute atomic E-state index is 0.185. The number of amides is 1. The van der Waals surface area contributed by atoms with Crippen LogP contribution in [0.1, 0.15) is 23.1 Å². The van der Waals surface area contributed by atoms with E-state index in [0.29, 0.717) is 35.6 Å². The molecule has 1 heterocycles. The number of fused-ring (bicyclic) bond motifs is 1. The van der Waals surface area contributed by atoms with Crippen molar-refractivity contribution in [1.82, 2.24) is 14.9 Å². The van der Waals surface area contributed by atoms with Crippen LogP contribution >= 0.6 is 0 Å². The largest absolute Gasteiger partial charge is 0.449 e. The summed E-state index contributed by atoms with van der Waals surface area (Å²) in [4.78, 5) is 41.6. The Morgan fingerprint density at radius 3 is 2.53 bits per heavy atom. The van der Waals surface area contributed by atoms with Crippen LogP contribution < -0.4 is 10.9 Å². The predicted molar refractivity (Wildman–Crippen MR) is 112 cm³/mol. The fourth-order valence-corrected chi connectivity index (χ4v) is 3.00. The van der Waals surface area contributed by atoms with Crippen LogP contribution in [0, 0.1) is 6.92 Å². The Morgan fingerprint density at radius 2 is 1.83 bits per heavy atom. The van der Waals surface area contributed by atoms with Gasteiger partial charge in [0.2, 0.25) is 0 Å². The Morgan fingerprint density at radius 1 is 1.13 bits per heavy atom. The van der Waals surface area contributed by atoms with Gasteiger partial charge in [0.1, 0.15) is 5.82 Å². The summed E-state index contributed by atoms with van der Waals surface area (Å²) in [7, 11) is 1.53. The molecule has 0 aliphatic carbocycles. The average molecular weight is 409 g/mol. The quantitative estimate of drug-likeness (QED) is 0.473. The third kappa shape index (κ3) is 4.55. The molecule has 0 saturated heterocycles. The third-order valence-electron chi connectivity index (χ3n) is 4.56. The van der Waals surface area contributed by atoms with Crippen molar-refractivity contribution >= 4 is 22.8 Å². The number of carbonyl (C=O) groups excluding carboxylic acids is 2. The van der Waals surface area contributed by atoms with Crippen molar-refractivity contribution in [2.75, 3.05) is 20.3 Å². The lowest BCUT2D eigenvalue weighted by atomic mass is 10.2. The van der Waals surface area contributed by atoms with Gasteiger partial charge in [-0.05, 0) is 50.2 Å². The normalized spacial score (nSPS) is 11.8. The standard InChI is InChI=1S/C22H23N3O5/c1-14(20(26)23-12-13-29-3)30-22(28)16-8-10-17(11-9-16)25-15(2)24-19-7-5-4-6-18(19)21(25)27/h4-11,14H,12-13H2,1-3H3,(H,23,26)/t14-/m0/s1. The summed E-state index contributed by atoms with van der Waals surface area (Å²) in [6, 6.07) is 13.5. The fourth-order valence-electron chi connectivity index (χ4n) is 3.00. The van der Waals surface area contributed by atoms with Crippen LogP contribution in [0.25, 0.3) is 16.6 Å². The number of carbonyl (C=O) groups is 2. The highest BCUT2D eigenvalue weighted by molar-refractivity contribution is 5.92. The number of aryl methyl sites for hydroxylation is 1. The van der Waals surface area contributed by atoms with Gasteiger partial charge in [0.05, 0.1) is 28.8 Å². The third-order valence-corrected chi connectivity index (χ3v) is 4.56. The summed E-state index contributed by atoms with van der Waals surface area (Å²) in [6.07, 6.45) is -0.941. The molecule has 0 fully saturated rings. The highest BCUT2D eigenvalue weighted by Crippen LogP contribution is 2.14. The number of hydrogen-bond acceptors (Lipinski definition) is 6. The second-order valence-electron chi connectivity index (χ2n) is 6.69. The summed E-state index contributed by atoms with van der Waals surface area (Å²) in [5, 5.41) is 3.13. The first-order chi connectivity index (χ1) is 14.4. The van der Waals surface area contributed by atoms with Gasteiger partial charge in [0.15, 0.2) is 6.10 Å². The van der Waals surface area contributed by atoms with Gasteiger partial charge in [-0.2, -0.15) is 0 Å². The Bertz CT molecular complexity index is 1120. The first-order valence-electron chi connectivity index (χ1n) is 9.49. The number of esters is 1. The summed E-state index contributed by atoms with van der Waals surface area (Å²) in [5.41, 5.74) is 1.30. The van der Waals surface area contributed by atoms with E-state index in [1.165, 1.54) is 18.6 Å². The minimum Gasteiger partial charge on any atom is -0.449 e. The molecule has 0 bridgehead atoms. The van der Waals surface area contributed by atoms with E-state index in [1.807, 2.05) is 6.07 Å². The van der Waals surface area contributed by atoms with E-state index in [0.717, 1.165) is 0 Å². The Hall–Kier alpha value is -3.52. The zero-order valence-corrected chi connectivity index (χ0v) is 17.0. The Kier molecular flexibility index (Phi) is 6.58. The van der Waals surface area contributed by atoms with Crippen LogP contribution in [0.5, 0.6) is 0 Å². The topological polar surface area (TPSA) is 99.5 Å². The molecule has 1 aromatic heterocycles. The molecule has 1 atom stereocenters. The van der Waals surface area contributed by atoms with Crippen LogP contribution in [0.15, 0.2) is 53.3 Å². The van der Waals surface area contributed by atoms with Crippen molar-refractivity contribution in [2.24, 2.45) is 0 Å². The summed E-state index contributed by atoms with van der Waals surface area (Å²) < 4.78 is 11.6. The van der Waals surface area contributed by atoms with Crippen LogP contribution in [0.2, 0.25) is 0 Å². The number of hydrogen-bond donors (Lipinski definition) is 1. The average Bonchev–Trinajstić information content (AvgIpc) is 2.74. The van der Waals surface area contributed by atoms with Crippen molar-refractivity contribution in [3.63, 3.8) is 0 Å². The van der Waals surface area contributed by atoms with Gasteiger partial charge in [-0.1, -0.05) is 12.1 Å². The number of ether oxygens (including phenoxy) is 2. The van der Waals surface area contributed by atoms with E-state index in [2.05, 4.69) is 10.3 Å². The molecule has 8 nitrogen and oxygen atoms in total. The molecule has 2 aromatic carbocycles. The van der Waals surface area contributed by atoms with Crippen molar-refractivity contribution in [1.29, 1.82) is 0 Å². The highest BCUT2D eigenvalue weighted by Gasteiger charge is 2.19. The second kappa shape index (κ2) is 9.32. The zero-order chi connectivity index (χ0) is 21.7. The maximum absolute atomic E-state index is 12.9. The van der Waals surface area contributed by atoms with Gasteiger partial charge in [-0.15, -0.1) is 0 Å². The lowest BCUT2D eigenvalue weighted by molar-refractivity contribution is -0.129. The molecular weight excluding hydrogens is 386 g/mol. The van der Waals surface area contributed by atoms with Gasteiger partial charge >= 0.3 is 5.97 Å². The number of methoxy groups -OCH3 is 1. The maximum atomic E-state index is 12.9. The van der Waals surface area contributed by atoms with Crippen LogP contribution in [0.4, 0.5) is 0 Å². The SMILES string of the molecule is COCCNC(=O)[C@H](C)OC(=O)c1ccc(-n2c(C)nc3ccccc3c2=O)cc1. The van der Waals surface area contributed by atoms with E-state index < -0.39 is 18.0 Å². The molecule has 0 aliphatic heterocycles. The number of aromatic nitrogens is 2. The summed E-state index contributed by atoms with van der Waals surface area (Å²) in [5.74, 6) is -0.492. The molecule has 0 radical (unpaired) electrons. The summed E-state index contributed by atoms with van der Waals surface area (Å²) >= 11 is 0. The molecular formula is C22H23N3O5. The Labute approximate surface area is 173 Å². The van der Waals surface area contributed by atoms with E-state index in [9.17, 15) is 14.4 Å². The van der Waals surface area contributed by atoms with Gasteiger partial charge < -0.3 is 14.8 Å². The number of nitrogens with one attached hydrogen (secondary N) is 1. The van der Waals surface area contributed by atoms with Gasteiger partial charge in [0, 0.05) is 13.7 Å². The Balaban J connectivity index is 1.77. The predicted octanol–water partition coefficient (Wildman–Crippen LogP) is 2.00. The first-order valence-corrected chi connectivity index (χ1v) is 9.49. The molecule has 30 heavy (non-hydrogen) atoms. The van der Waals surface area contributed by atoms with E-state index in [1.54, 1.807) is 49.4 Å². The molecule has 8 heteroatoms. The lowest BCUT2D eigenvalue weighted by Crippen LogP contribution is -2.37.